The molecule has 0 radical (unpaired) electrons. The molecule has 2 N–H and O–H groups in total. The summed E-state index contributed by atoms with van der Waals surface area (Å²) in [5, 5.41) is 7.22. The van der Waals surface area contributed by atoms with Gasteiger partial charge >= 0.3 is 0 Å². The predicted octanol–water partition coefficient (Wildman–Crippen LogP) is 5.82. The highest BCUT2D eigenvalue weighted by Gasteiger charge is 2.22. The molecule has 1 aromatic heterocycles. The largest absolute Gasteiger partial charge is 0.489 e. The molecule has 2 aliphatic heterocycles. The summed E-state index contributed by atoms with van der Waals surface area (Å²) in [6.45, 7) is 4.84. The summed E-state index contributed by atoms with van der Waals surface area (Å²) in [6.07, 6.45) is 4.50. The summed E-state index contributed by atoms with van der Waals surface area (Å²) in [7, 11) is 0. The highest BCUT2D eigenvalue weighted by molar-refractivity contribution is 9.10. The van der Waals surface area contributed by atoms with Gasteiger partial charge in [-0.3, -0.25) is 9.69 Å². The molecule has 2 aliphatic rings. The number of likely N-dealkylation sites (tertiary alicyclic amines) is 1. The van der Waals surface area contributed by atoms with E-state index in [2.05, 4.69) is 49.7 Å². The fourth-order valence-corrected chi connectivity index (χ4v) is 5.74. The van der Waals surface area contributed by atoms with E-state index in [1.165, 1.54) is 5.56 Å². The van der Waals surface area contributed by atoms with Crippen LogP contribution in [0.4, 0.5) is 0 Å². The average molecular weight is 587 g/mol. The van der Waals surface area contributed by atoms with E-state index in [0.29, 0.717) is 10.8 Å². The maximum Gasteiger partial charge on any atom is 0.227 e. The molecule has 2 saturated heterocycles. The second-order valence-corrected chi connectivity index (χ2v) is 11.2. The molecule has 0 unspecified atom stereocenters. The van der Waals surface area contributed by atoms with Gasteiger partial charge in [0, 0.05) is 36.3 Å². The van der Waals surface area contributed by atoms with Crippen LogP contribution in [0.15, 0.2) is 63.5 Å². The molecule has 3 heterocycles. The Kier molecular flexibility index (Phi) is 8.87. The molecule has 0 atom stereocenters. The number of benzene rings is 2. The molecule has 2 fully saturated rings. The number of carbonyl (C=O) groups is 1. The first kappa shape index (κ1) is 26.3. The maximum atomic E-state index is 12.6. The minimum atomic E-state index is -0.00119. The van der Waals surface area contributed by atoms with E-state index in [0.717, 1.165) is 80.0 Å². The molecule has 2 aromatic carbocycles. The third-order valence-electron chi connectivity index (χ3n) is 7.04. The molecule has 5 rings (SSSR count). The number of piperidine rings is 2. The van der Waals surface area contributed by atoms with Crippen molar-refractivity contribution < 1.29 is 13.9 Å². The zero-order chi connectivity index (χ0) is 25.6. The number of rotatable bonds is 8. The Balaban J connectivity index is 1.06. The fraction of sp³-hybridized carbons (Fsp3) is 0.414. The molecular formula is C29H33BrClN3O3. The van der Waals surface area contributed by atoms with Gasteiger partial charge in [-0.15, -0.1) is 0 Å². The van der Waals surface area contributed by atoms with Crippen LogP contribution in [0.25, 0.3) is 11.3 Å². The van der Waals surface area contributed by atoms with Gasteiger partial charge in [0.1, 0.15) is 23.4 Å². The first-order valence-electron chi connectivity index (χ1n) is 13.0. The van der Waals surface area contributed by atoms with Crippen molar-refractivity contribution in [3.63, 3.8) is 0 Å². The predicted molar refractivity (Wildman–Crippen MR) is 150 cm³/mol. The minimum Gasteiger partial charge on any atom is -0.489 e. The third kappa shape index (κ3) is 7.38. The Hall–Kier alpha value is -2.32. The number of nitrogens with zero attached hydrogens (tertiary/aromatic N) is 1. The lowest BCUT2D eigenvalue weighted by Gasteiger charge is -2.32. The summed E-state index contributed by atoms with van der Waals surface area (Å²) in [6, 6.07) is 17.9. The van der Waals surface area contributed by atoms with Gasteiger partial charge < -0.3 is 19.8 Å². The van der Waals surface area contributed by atoms with Crippen molar-refractivity contribution >= 4 is 33.4 Å². The van der Waals surface area contributed by atoms with Crippen LogP contribution in [0.3, 0.4) is 0 Å². The number of nitrogens with one attached hydrogen (secondary N) is 2. The highest BCUT2D eigenvalue weighted by atomic mass is 79.9. The number of amides is 1. The Morgan fingerprint density at radius 3 is 2.65 bits per heavy atom. The summed E-state index contributed by atoms with van der Waals surface area (Å²) in [4.78, 5) is 15.1. The molecule has 0 bridgehead atoms. The van der Waals surface area contributed by atoms with Crippen LogP contribution in [0.2, 0.25) is 5.02 Å². The molecule has 0 saturated carbocycles. The second kappa shape index (κ2) is 12.5. The Bertz CT molecular complexity index is 1200. The summed E-state index contributed by atoms with van der Waals surface area (Å²) in [5.74, 6) is 2.30. The monoisotopic (exact) mass is 585 g/mol. The van der Waals surface area contributed by atoms with Crippen LogP contribution in [0.1, 0.15) is 37.0 Å². The minimum absolute atomic E-state index is 0.00119. The van der Waals surface area contributed by atoms with Crippen molar-refractivity contribution in [2.24, 2.45) is 0 Å². The number of carbonyl (C=O) groups excluding carboxylic acids is 1. The molecule has 196 valence electrons. The SMILES string of the molecule is O=C(Cc1ccc(-c2cccc(Cl)c2)o1)NC1CCN(Cc2ccc(OC3CCNCC3)c(Br)c2)CC1. The van der Waals surface area contributed by atoms with Crippen LogP contribution < -0.4 is 15.4 Å². The van der Waals surface area contributed by atoms with Crippen molar-refractivity contribution in [1.29, 1.82) is 0 Å². The van der Waals surface area contributed by atoms with Gasteiger partial charge in [-0.05, 0) is 96.7 Å². The zero-order valence-corrected chi connectivity index (χ0v) is 23.2. The van der Waals surface area contributed by atoms with Gasteiger partial charge in [-0.2, -0.15) is 0 Å². The first-order valence-corrected chi connectivity index (χ1v) is 14.2. The van der Waals surface area contributed by atoms with Crippen LogP contribution >= 0.6 is 27.5 Å². The molecule has 1 amide bonds. The fourth-order valence-electron chi connectivity index (χ4n) is 5.03. The standard InChI is InChI=1S/C29H33BrClN3O3/c30-26-16-20(4-6-28(26)36-24-8-12-32-13-9-24)19-34-14-10-23(11-15-34)33-29(35)18-25-5-7-27(37-25)21-2-1-3-22(31)17-21/h1-7,16-17,23-24,32H,8-15,18-19H2,(H,33,35). The maximum absolute atomic E-state index is 12.6. The van der Waals surface area contributed by atoms with Crippen molar-refractivity contribution in [2.45, 2.75) is 50.8 Å². The topological polar surface area (TPSA) is 66.7 Å². The number of furan rings is 1. The summed E-state index contributed by atoms with van der Waals surface area (Å²) >= 11 is 9.78. The molecule has 8 heteroatoms. The van der Waals surface area contributed by atoms with Gasteiger partial charge in [0.2, 0.25) is 5.91 Å². The van der Waals surface area contributed by atoms with Gasteiger partial charge in [0.25, 0.3) is 0 Å². The number of hydrogen-bond donors (Lipinski definition) is 2. The third-order valence-corrected chi connectivity index (χ3v) is 7.90. The lowest BCUT2D eigenvalue weighted by Crippen LogP contribution is -2.44. The van der Waals surface area contributed by atoms with E-state index in [1.54, 1.807) is 0 Å². The Morgan fingerprint density at radius 2 is 1.89 bits per heavy atom. The molecule has 0 spiro atoms. The number of ether oxygens (including phenoxy) is 1. The van der Waals surface area contributed by atoms with Crippen molar-refractivity contribution in [3.05, 3.63) is 75.4 Å². The lowest BCUT2D eigenvalue weighted by atomic mass is 10.0. The Labute approximate surface area is 231 Å². The van der Waals surface area contributed by atoms with Crippen LogP contribution in [-0.4, -0.2) is 49.1 Å². The first-order chi connectivity index (χ1) is 18.0. The van der Waals surface area contributed by atoms with E-state index < -0.39 is 0 Å². The average Bonchev–Trinajstić information content (AvgIpc) is 3.36. The Morgan fingerprint density at radius 1 is 1.08 bits per heavy atom. The van der Waals surface area contributed by atoms with Crippen LogP contribution in [-0.2, 0) is 17.8 Å². The van der Waals surface area contributed by atoms with Crippen molar-refractivity contribution in [1.82, 2.24) is 15.5 Å². The molecule has 0 aliphatic carbocycles. The van der Waals surface area contributed by atoms with Crippen molar-refractivity contribution in [2.75, 3.05) is 26.2 Å². The summed E-state index contributed by atoms with van der Waals surface area (Å²) in [5.41, 5.74) is 2.17. The highest BCUT2D eigenvalue weighted by Crippen LogP contribution is 2.29. The van der Waals surface area contributed by atoms with Crippen molar-refractivity contribution in [3.8, 4) is 17.1 Å². The quantitative estimate of drug-likeness (QED) is 0.348. The van der Waals surface area contributed by atoms with E-state index in [-0.39, 0.29) is 24.5 Å². The normalized spacial score (nSPS) is 17.6. The van der Waals surface area contributed by atoms with Gasteiger partial charge in [0.05, 0.1) is 10.9 Å². The van der Waals surface area contributed by atoms with Gasteiger partial charge in [-0.1, -0.05) is 29.8 Å². The molecule has 3 aromatic rings. The van der Waals surface area contributed by atoms with Gasteiger partial charge in [0.15, 0.2) is 0 Å². The van der Waals surface area contributed by atoms with E-state index in [9.17, 15) is 4.79 Å². The molecular weight excluding hydrogens is 554 g/mol. The number of hydrogen-bond acceptors (Lipinski definition) is 5. The molecule has 37 heavy (non-hydrogen) atoms. The zero-order valence-electron chi connectivity index (χ0n) is 20.8. The van der Waals surface area contributed by atoms with Crippen LogP contribution in [0, 0.1) is 0 Å². The molecule has 6 nitrogen and oxygen atoms in total. The number of halogens is 2. The summed E-state index contributed by atoms with van der Waals surface area (Å²) < 4.78 is 13.1. The lowest BCUT2D eigenvalue weighted by molar-refractivity contribution is -0.121. The van der Waals surface area contributed by atoms with E-state index >= 15 is 0 Å². The second-order valence-electron chi connectivity index (χ2n) is 9.90. The van der Waals surface area contributed by atoms with Gasteiger partial charge in [-0.25, -0.2) is 0 Å². The van der Waals surface area contributed by atoms with E-state index in [1.807, 2.05) is 36.4 Å². The smallest absolute Gasteiger partial charge is 0.227 e. The van der Waals surface area contributed by atoms with Crippen LogP contribution in [0.5, 0.6) is 5.75 Å². The van der Waals surface area contributed by atoms with E-state index in [4.69, 9.17) is 20.8 Å².